The standard InChI is InChI=1S/C42H32N2/c1-29-19-22-42(44-28-29)36-15-9-14-35(27-36)40-17-4-3-16-39(40)34-13-8-11-32(26-34)31-10-7-12-33(25-31)38-21-20-37(24-30(38)2)41-18-5-6-23-43-41/h3-28H,1-2H3/i2D3. The number of benzene rings is 5. The average Bonchev–Trinajstić information content (AvgIpc) is 3.12. The summed E-state index contributed by atoms with van der Waals surface area (Å²) in [6.07, 6.45) is 3.62. The fourth-order valence-corrected chi connectivity index (χ4v) is 5.69. The van der Waals surface area contributed by atoms with Crippen LogP contribution in [0.25, 0.3) is 67.0 Å². The first-order valence-electron chi connectivity index (χ1n) is 16.2. The second-order valence-electron chi connectivity index (χ2n) is 11.0. The molecule has 2 heteroatoms. The lowest BCUT2D eigenvalue weighted by Crippen LogP contribution is -1.89. The Labute approximate surface area is 263 Å². The molecule has 7 rings (SSSR count). The quantitative estimate of drug-likeness (QED) is 0.200. The van der Waals surface area contributed by atoms with Crippen molar-refractivity contribution in [2.45, 2.75) is 13.8 Å². The van der Waals surface area contributed by atoms with Gasteiger partial charge in [0.15, 0.2) is 0 Å². The van der Waals surface area contributed by atoms with Crippen LogP contribution in [0.1, 0.15) is 15.2 Å². The van der Waals surface area contributed by atoms with Crippen LogP contribution in [0.5, 0.6) is 0 Å². The van der Waals surface area contributed by atoms with Crippen LogP contribution in [0.4, 0.5) is 0 Å². The van der Waals surface area contributed by atoms with Crippen molar-refractivity contribution in [3.05, 3.63) is 169 Å². The third-order valence-corrected chi connectivity index (χ3v) is 7.97. The van der Waals surface area contributed by atoms with Crippen molar-refractivity contribution in [2.24, 2.45) is 0 Å². The van der Waals surface area contributed by atoms with Gasteiger partial charge in [0, 0.05) is 27.6 Å². The first kappa shape index (κ1) is 23.9. The number of aryl methyl sites for hydroxylation is 2. The Bertz CT molecular complexity index is 2190. The maximum absolute atomic E-state index is 8.33. The molecule has 0 aliphatic rings. The maximum atomic E-state index is 8.33. The molecule has 5 aromatic carbocycles. The SMILES string of the molecule is [2H]C([2H])([2H])c1cc(-c2ccccn2)ccc1-c1cccc(-c2cccc(-c3ccccc3-c3cccc(-c4ccc(C)cn4)c3)c2)c1. The van der Waals surface area contributed by atoms with E-state index in [1.165, 1.54) is 0 Å². The zero-order chi connectivity index (χ0) is 32.4. The van der Waals surface area contributed by atoms with Gasteiger partial charge in [0.2, 0.25) is 0 Å². The molecule has 0 saturated heterocycles. The molecule has 0 atom stereocenters. The summed E-state index contributed by atoms with van der Waals surface area (Å²) in [5.41, 5.74) is 13.1. The van der Waals surface area contributed by atoms with E-state index in [0.717, 1.165) is 67.0 Å². The van der Waals surface area contributed by atoms with Gasteiger partial charge in [0.1, 0.15) is 0 Å². The first-order valence-corrected chi connectivity index (χ1v) is 14.7. The highest BCUT2D eigenvalue weighted by Crippen LogP contribution is 2.37. The van der Waals surface area contributed by atoms with E-state index in [1.807, 2.05) is 55.6 Å². The topological polar surface area (TPSA) is 25.8 Å². The molecule has 0 aliphatic carbocycles. The molecule has 7 aromatic rings. The second kappa shape index (κ2) is 11.9. The van der Waals surface area contributed by atoms with E-state index in [2.05, 4.69) is 107 Å². The lowest BCUT2D eigenvalue weighted by atomic mass is 9.91. The first-order chi connectivity index (χ1) is 22.8. The summed E-state index contributed by atoms with van der Waals surface area (Å²) in [6.45, 7) is -0.240. The Morgan fingerprint density at radius 2 is 1.00 bits per heavy atom. The summed E-state index contributed by atoms with van der Waals surface area (Å²) < 4.78 is 25.0. The molecule has 0 radical (unpaired) electrons. The predicted molar refractivity (Wildman–Crippen MR) is 184 cm³/mol. The van der Waals surface area contributed by atoms with Gasteiger partial charge in [-0.1, -0.05) is 103 Å². The minimum absolute atomic E-state index is 0.309. The molecular weight excluding hydrogens is 532 g/mol. The van der Waals surface area contributed by atoms with Crippen LogP contribution in [0.3, 0.4) is 0 Å². The summed E-state index contributed by atoms with van der Waals surface area (Å²) in [5.74, 6) is 0. The number of rotatable bonds is 6. The lowest BCUT2D eigenvalue weighted by Gasteiger charge is -2.14. The van der Waals surface area contributed by atoms with Crippen LogP contribution in [0, 0.1) is 13.8 Å². The average molecular weight is 568 g/mol. The van der Waals surface area contributed by atoms with E-state index in [4.69, 9.17) is 4.11 Å². The molecular formula is C42H32N2. The highest BCUT2D eigenvalue weighted by molar-refractivity contribution is 5.87. The summed E-state index contributed by atoms with van der Waals surface area (Å²) in [5, 5.41) is 0. The van der Waals surface area contributed by atoms with E-state index in [-0.39, 0.29) is 0 Å². The number of hydrogen-bond acceptors (Lipinski definition) is 2. The predicted octanol–water partition coefficient (Wildman–Crippen LogP) is 11.1. The fraction of sp³-hybridized carbons (Fsp3) is 0.0476. The second-order valence-corrected chi connectivity index (χ2v) is 11.0. The van der Waals surface area contributed by atoms with E-state index in [1.54, 1.807) is 12.3 Å². The van der Waals surface area contributed by atoms with Crippen molar-refractivity contribution in [3.8, 4) is 67.0 Å². The van der Waals surface area contributed by atoms with Crippen LogP contribution in [-0.4, -0.2) is 9.97 Å². The van der Waals surface area contributed by atoms with Crippen molar-refractivity contribution in [1.82, 2.24) is 9.97 Å². The van der Waals surface area contributed by atoms with E-state index < -0.39 is 6.85 Å². The fourth-order valence-electron chi connectivity index (χ4n) is 5.69. The minimum atomic E-state index is -2.29. The zero-order valence-corrected chi connectivity index (χ0v) is 24.4. The normalized spacial score (nSPS) is 12.2. The highest BCUT2D eigenvalue weighted by atomic mass is 14.7. The molecule has 0 aliphatic heterocycles. The van der Waals surface area contributed by atoms with Gasteiger partial charge in [-0.25, -0.2) is 0 Å². The van der Waals surface area contributed by atoms with Gasteiger partial charge in [0.25, 0.3) is 0 Å². The molecule has 2 heterocycles. The van der Waals surface area contributed by atoms with Gasteiger partial charge >= 0.3 is 0 Å². The zero-order valence-electron chi connectivity index (χ0n) is 27.4. The number of pyridine rings is 2. The van der Waals surface area contributed by atoms with Gasteiger partial charge in [0.05, 0.1) is 11.4 Å². The molecule has 0 saturated carbocycles. The Kier molecular flexibility index (Phi) is 6.49. The Morgan fingerprint density at radius 3 is 1.61 bits per heavy atom. The van der Waals surface area contributed by atoms with E-state index in [0.29, 0.717) is 11.1 Å². The molecule has 0 fully saturated rings. The van der Waals surface area contributed by atoms with Gasteiger partial charge in [-0.2, -0.15) is 0 Å². The Balaban J connectivity index is 1.26. The molecule has 210 valence electrons. The van der Waals surface area contributed by atoms with Crippen LogP contribution >= 0.6 is 0 Å². The summed E-state index contributed by atoms with van der Waals surface area (Å²) in [4.78, 5) is 9.06. The van der Waals surface area contributed by atoms with Crippen molar-refractivity contribution in [2.75, 3.05) is 0 Å². The Hall–Kier alpha value is -5.60. The number of hydrogen-bond donors (Lipinski definition) is 0. The Morgan fingerprint density at radius 1 is 0.432 bits per heavy atom. The van der Waals surface area contributed by atoms with Gasteiger partial charge in [-0.3, -0.25) is 9.97 Å². The third-order valence-electron chi connectivity index (χ3n) is 7.97. The minimum Gasteiger partial charge on any atom is -0.256 e. The van der Waals surface area contributed by atoms with E-state index in [9.17, 15) is 0 Å². The van der Waals surface area contributed by atoms with Gasteiger partial charge in [-0.05, 0) is 112 Å². The van der Waals surface area contributed by atoms with Crippen molar-refractivity contribution < 1.29 is 4.11 Å². The van der Waals surface area contributed by atoms with Gasteiger partial charge in [-0.15, -0.1) is 0 Å². The number of nitrogens with zero attached hydrogens (tertiary/aromatic N) is 2. The van der Waals surface area contributed by atoms with Crippen molar-refractivity contribution in [1.29, 1.82) is 0 Å². The molecule has 0 unspecified atom stereocenters. The highest BCUT2D eigenvalue weighted by Gasteiger charge is 2.11. The summed E-state index contributed by atoms with van der Waals surface area (Å²) >= 11 is 0. The summed E-state index contributed by atoms with van der Waals surface area (Å²) in [6, 6.07) is 49.0. The summed E-state index contributed by atoms with van der Waals surface area (Å²) in [7, 11) is 0. The van der Waals surface area contributed by atoms with Crippen LogP contribution < -0.4 is 0 Å². The molecule has 44 heavy (non-hydrogen) atoms. The molecule has 0 spiro atoms. The molecule has 2 nitrogen and oxygen atoms in total. The largest absolute Gasteiger partial charge is 0.256 e. The molecule has 0 N–H and O–H groups in total. The van der Waals surface area contributed by atoms with Gasteiger partial charge < -0.3 is 0 Å². The number of aromatic nitrogens is 2. The third kappa shape index (κ3) is 5.58. The molecule has 2 aromatic heterocycles. The van der Waals surface area contributed by atoms with Crippen LogP contribution in [-0.2, 0) is 0 Å². The smallest absolute Gasteiger partial charge is 0.0702 e. The molecule has 0 amide bonds. The lowest BCUT2D eigenvalue weighted by molar-refractivity contribution is 1.27. The van der Waals surface area contributed by atoms with E-state index >= 15 is 0 Å². The van der Waals surface area contributed by atoms with Crippen LogP contribution in [0.2, 0.25) is 0 Å². The maximum Gasteiger partial charge on any atom is 0.0702 e. The van der Waals surface area contributed by atoms with Crippen molar-refractivity contribution in [3.63, 3.8) is 0 Å². The monoisotopic (exact) mass is 567 g/mol. The van der Waals surface area contributed by atoms with Crippen LogP contribution in [0.15, 0.2) is 158 Å². The van der Waals surface area contributed by atoms with Crippen molar-refractivity contribution >= 4 is 0 Å². The molecule has 0 bridgehead atoms.